The van der Waals surface area contributed by atoms with Crippen molar-refractivity contribution >= 4 is 5.96 Å². The van der Waals surface area contributed by atoms with Crippen LogP contribution >= 0.6 is 0 Å². The predicted molar refractivity (Wildman–Crippen MR) is 124 cm³/mol. The number of ether oxygens (including phenoxy) is 2. The molecule has 1 aliphatic carbocycles. The van der Waals surface area contributed by atoms with E-state index >= 15 is 0 Å². The van der Waals surface area contributed by atoms with Crippen molar-refractivity contribution in [3.8, 4) is 11.5 Å². The average molecular weight is 417 g/mol. The number of hydrogen-bond donors (Lipinski definition) is 2. The predicted octanol–water partition coefficient (Wildman–Crippen LogP) is 3.80. The summed E-state index contributed by atoms with van der Waals surface area (Å²) in [6.45, 7) is 7.57. The fraction of sp³-hybridized carbons (Fsp3) is 0.708. The third-order valence-corrected chi connectivity index (χ3v) is 6.34. The lowest BCUT2D eigenvalue weighted by molar-refractivity contribution is 0.185. The molecule has 0 bridgehead atoms. The number of likely N-dealkylation sites (tertiary alicyclic amines) is 1. The number of hydrogen-bond acceptors (Lipinski definition) is 4. The number of benzene rings is 1. The van der Waals surface area contributed by atoms with Gasteiger partial charge in [0, 0.05) is 25.7 Å². The molecule has 2 fully saturated rings. The summed E-state index contributed by atoms with van der Waals surface area (Å²) in [6, 6.07) is 6.11. The smallest absolute Gasteiger partial charge is 0.191 e. The average Bonchev–Trinajstić information content (AvgIpc) is 3.29. The summed E-state index contributed by atoms with van der Waals surface area (Å²) in [6.07, 6.45) is 8.84. The van der Waals surface area contributed by atoms with Crippen LogP contribution in [-0.4, -0.2) is 57.3 Å². The largest absolute Gasteiger partial charge is 0.493 e. The standard InChI is InChI=1S/C24H40N4O2/c1-4-14-28-15-12-19(13-16-28)17-26-24(25-2)27-18-20-8-7-11-22(29-3)23(20)30-21-9-5-6-10-21/h7-8,11,19,21H,4-6,9-10,12-18H2,1-3H3,(H2,25,26,27). The Labute approximate surface area is 182 Å². The van der Waals surface area contributed by atoms with Crippen LogP contribution in [0.4, 0.5) is 0 Å². The van der Waals surface area contributed by atoms with Gasteiger partial charge < -0.3 is 25.0 Å². The van der Waals surface area contributed by atoms with Crippen LogP contribution in [0.2, 0.25) is 0 Å². The Morgan fingerprint density at radius 1 is 1.13 bits per heavy atom. The summed E-state index contributed by atoms with van der Waals surface area (Å²) in [4.78, 5) is 7.00. The summed E-state index contributed by atoms with van der Waals surface area (Å²) in [7, 11) is 3.54. The summed E-state index contributed by atoms with van der Waals surface area (Å²) in [5.41, 5.74) is 1.11. The second-order valence-corrected chi connectivity index (χ2v) is 8.56. The summed E-state index contributed by atoms with van der Waals surface area (Å²) in [5.74, 6) is 3.25. The highest BCUT2D eigenvalue weighted by Crippen LogP contribution is 2.34. The Balaban J connectivity index is 1.51. The molecule has 0 amide bonds. The van der Waals surface area contributed by atoms with Crippen molar-refractivity contribution in [2.75, 3.05) is 40.3 Å². The zero-order valence-electron chi connectivity index (χ0n) is 19.1. The van der Waals surface area contributed by atoms with E-state index in [0.717, 1.165) is 48.3 Å². The molecule has 30 heavy (non-hydrogen) atoms. The molecule has 6 heteroatoms. The first-order valence-corrected chi connectivity index (χ1v) is 11.7. The highest BCUT2D eigenvalue weighted by Gasteiger charge is 2.21. The lowest BCUT2D eigenvalue weighted by Gasteiger charge is -2.32. The van der Waals surface area contributed by atoms with Crippen molar-refractivity contribution in [1.29, 1.82) is 0 Å². The summed E-state index contributed by atoms with van der Waals surface area (Å²) in [5, 5.41) is 6.99. The number of nitrogens with zero attached hydrogens (tertiary/aromatic N) is 2. The van der Waals surface area contributed by atoms with Gasteiger partial charge in [0.05, 0.1) is 13.2 Å². The van der Waals surface area contributed by atoms with Crippen LogP contribution in [0.1, 0.15) is 57.4 Å². The molecule has 0 atom stereocenters. The highest BCUT2D eigenvalue weighted by molar-refractivity contribution is 5.79. The van der Waals surface area contributed by atoms with Gasteiger partial charge in [0.15, 0.2) is 17.5 Å². The van der Waals surface area contributed by atoms with E-state index in [1.807, 2.05) is 19.2 Å². The number of methoxy groups -OCH3 is 1. The monoisotopic (exact) mass is 416 g/mol. The number of guanidine groups is 1. The lowest BCUT2D eigenvalue weighted by Crippen LogP contribution is -2.42. The van der Waals surface area contributed by atoms with Gasteiger partial charge in [-0.15, -0.1) is 0 Å². The molecule has 1 heterocycles. The van der Waals surface area contributed by atoms with Gasteiger partial charge >= 0.3 is 0 Å². The minimum atomic E-state index is 0.302. The minimum Gasteiger partial charge on any atom is -0.493 e. The normalized spacial score (nSPS) is 19.1. The van der Waals surface area contributed by atoms with E-state index in [9.17, 15) is 0 Å². The molecule has 1 aromatic carbocycles. The molecule has 1 aromatic rings. The Bertz CT molecular complexity index is 665. The lowest BCUT2D eigenvalue weighted by atomic mass is 9.97. The van der Waals surface area contributed by atoms with Crippen LogP contribution < -0.4 is 20.1 Å². The number of piperidine rings is 1. The second kappa shape index (κ2) is 12.0. The Morgan fingerprint density at radius 3 is 2.57 bits per heavy atom. The maximum Gasteiger partial charge on any atom is 0.191 e. The number of aliphatic imine (C=N–C) groups is 1. The van der Waals surface area contributed by atoms with Crippen LogP contribution in [0.3, 0.4) is 0 Å². The molecular formula is C24H40N4O2. The molecule has 1 saturated heterocycles. The van der Waals surface area contributed by atoms with Crippen molar-refractivity contribution in [1.82, 2.24) is 15.5 Å². The van der Waals surface area contributed by atoms with Gasteiger partial charge in [-0.1, -0.05) is 19.1 Å². The molecule has 3 rings (SSSR count). The zero-order valence-corrected chi connectivity index (χ0v) is 19.1. The molecule has 2 aliphatic rings. The van der Waals surface area contributed by atoms with E-state index in [4.69, 9.17) is 9.47 Å². The van der Waals surface area contributed by atoms with Gasteiger partial charge in [0.2, 0.25) is 0 Å². The molecule has 1 saturated carbocycles. The summed E-state index contributed by atoms with van der Waals surface area (Å²) < 4.78 is 11.9. The highest BCUT2D eigenvalue weighted by atomic mass is 16.5. The Kier molecular flexibility index (Phi) is 9.12. The Hall–Kier alpha value is -1.95. The van der Waals surface area contributed by atoms with Gasteiger partial charge in [-0.3, -0.25) is 4.99 Å². The number of nitrogens with one attached hydrogen (secondary N) is 2. The van der Waals surface area contributed by atoms with E-state index in [1.54, 1.807) is 7.11 Å². The maximum atomic E-state index is 6.35. The minimum absolute atomic E-state index is 0.302. The molecule has 6 nitrogen and oxygen atoms in total. The van der Waals surface area contributed by atoms with E-state index in [2.05, 4.69) is 33.5 Å². The maximum absolute atomic E-state index is 6.35. The van der Waals surface area contributed by atoms with Crippen molar-refractivity contribution < 1.29 is 9.47 Å². The van der Waals surface area contributed by atoms with E-state index in [0.29, 0.717) is 12.6 Å². The third kappa shape index (κ3) is 6.53. The molecule has 168 valence electrons. The van der Waals surface area contributed by atoms with Crippen LogP contribution in [0.5, 0.6) is 11.5 Å². The van der Waals surface area contributed by atoms with Gasteiger partial charge in [0.1, 0.15) is 0 Å². The van der Waals surface area contributed by atoms with Crippen LogP contribution in [0.25, 0.3) is 0 Å². The first kappa shape index (κ1) is 22.7. The van der Waals surface area contributed by atoms with Gasteiger partial charge in [0.25, 0.3) is 0 Å². The molecular weight excluding hydrogens is 376 g/mol. The molecule has 0 radical (unpaired) electrons. The van der Waals surface area contributed by atoms with E-state index < -0.39 is 0 Å². The number of rotatable bonds is 9. The van der Waals surface area contributed by atoms with Crippen molar-refractivity contribution in [3.05, 3.63) is 23.8 Å². The fourth-order valence-electron chi connectivity index (χ4n) is 4.54. The van der Waals surface area contributed by atoms with Gasteiger partial charge in [-0.2, -0.15) is 0 Å². The van der Waals surface area contributed by atoms with E-state index in [1.165, 1.54) is 51.7 Å². The van der Waals surface area contributed by atoms with Crippen molar-refractivity contribution in [3.63, 3.8) is 0 Å². The van der Waals surface area contributed by atoms with E-state index in [-0.39, 0.29) is 0 Å². The van der Waals surface area contributed by atoms with Gasteiger partial charge in [-0.25, -0.2) is 0 Å². The third-order valence-electron chi connectivity index (χ3n) is 6.34. The number of para-hydroxylation sites is 1. The van der Waals surface area contributed by atoms with Crippen molar-refractivity contribution in [2.24, 2.45) is 10.9 Å². The first-order chi connectivity index (χ1) is 14.7. The quantitative estimate of drug-likeness (QED) is 0.474. The van der Waals surface area contributed by atoms with Crippen LogP contribution in [0, 0.1) is 5.92 Å². The summed E-state index contributed by atoms with van der Waals surface area (Å²) >= 11 is 0. The first-order valence-electron chi connectivity index (χ1n) is 11.7. The molecule has 0 unspecified atom stereocenters. The molecule has 2 N–H and O–H groups in total. The molecule has 0 aromatic heterocycles. The fourth-order valence-corrected chi connectivity index (χ4v) is 4.54. The SMILES string of the molecule is CCCN1CCC(CNC(=NC)NCc2cccc(OC)c2OC2CCCC2)CC1. The molecule has 1 aliphatic heterocycles. The van der Waals surface area contributed by atoms with Crippen LogP contribution in [0.15, 0.2) is 23.2 Å². The van der Waals surface area contributed by atoms with Crippen LogP contribution in [-0.2, 0) is 6.54 Å². The Morgan fingerprint density at radius 2 is 1.90 bits per heavy atom. The second-order valence-electron chi connectivity index (χ2n) is 8.56. The van der Waals surface area contributed by atoms with Gasteiger partial charge in [-0.05, 0) is 76.6 Å². The zero-order chi connectivity index (χ0) is 21.2. The topological polar surface area (TPSA) is 58.1 Å². The van der Waals surface area contributed by atoms with Crippen molar-refractivity contribution in [2.45, 2.75) is 64.5 Å². The molecule has 0 spiro atoms.